The van der Waals surface area contributed by atoms with Crippen LogP contribution in [0.25, 0.3) is 185 Å². The summed E-state index contributed by atoms with van der Waals surface area (Å²) < 4.78 is 0. The molecule has 0 saturated heterocycles. The average molecular weight is 1030 g/mol. The van der Waals surface area contributed by atoms with Crippen molar-refractivity contribution in [3.63, 3.8) is 0 Å². The van der Waals surface area contributed by atoms with Gasteiger partial charge in [0.1, 0.15) is 0 Å². The summed E-state index contributed by atoms with van der Waals surface area (Å²) in [6, 6.07) is 101. The molecule has 0 amide bonds. The second-order valence-electron chi connectivity index (χ2n) is 23.1. The van der Waals surface area contributed by atoms with Crippen molar-refractivity contribution in [2.24, 2.45) is 0 Å². The molecule has 82 heavy (non-hydrogen) atoms. The number of fused-ring (bicyclic) bond motifs is 14. The second kappa shape index (κ2) is 15.6. The molecule has 0 bridgehead atoms. The van der Waals surface area contributed by atoms with Gasteiger partial charge in [0.15, 0.2) is 0 Å². The Labute approximate surface area is 469 Å². The van der Waals surface area contributed by atoms with E-state index in [1.54, 1.807) is 0 Å². The molecule has 1 aliphatic rings. The van der Waals surface area contributed by atoms with Gasteiger partial charge in [-0.15, -0.1) is 0 Å². The minimum Gasteiger partial charge on any atom is -0.0622 e. The van der Waals surface area contributed by atoms with Gasteiger partial charge in [0, 0.05) is 0 Å². The Hall–Kier alpha value is -10.7. The molecule has 0 fully saturated rings. The molecule has 0 heteroatoms. The van der Waals surface area contributed by atoms with Gasteiger partial charge < -0.3 is 0 Å². The molecule has 0 saturated carbocycles. The number of rotatable bonds is 5. The predicted octanol–water partition coefficient (Wildman–Crippen LogP) is 22.5. The van der Waals surface area contributed by atoms with Crippen LogP contribution in [-0.4, -0.2) is 0 Å². The standard InChI is InChI=1S/C82H44/c1-4-17-45(18-5-1)49-23-10-11-25-51(49)48-31-32-54-59-34-35-60-62-38-41-66-76-67(42-39-63(75(62)76)61-36-37-64(68(54)43-48)73(59)74(60)61)81-79-57-28-15-14-27-56(57)78-77-65-40-33-53(52-26-13-12-24-50(52)46-19-6-2-7-20-46)55-29-16-30-58(72(55)65)69(77)44-70(82(78)79)71(80(66)81)47-21-8-3-9-22-47/h1-44H. The van der Waals surface area contributed by atoms with Crippen LogP contribution in [0.2, 0.25) is 0 Å². The van der Waals surface area contributed by atoms with E-state index in [4.69, 9.17) is 0 Å². The third-order valence-electron chi connectivity index (χ3n) is 19.4. The quantitative estimate of drug-likeness (QED) is 0.119. The van der Waals surface area contributed by atoms with Crippen LogP contribution in [0.1, 0.15) is 0 Å². The van der Waals surface area contributed by atoms with E-state index in [2.05, 4.69) is 267 Å². The Morgan fingerprint density at radius 3 is 1.20 bits per heavy atom. The van der Waals surface area contributed by atoms with Crippen molar-refractivity contribution in [1.29, 1.82) is 0 Å². The summed E-state index contributed by atoms with van der Waals surface area (Å²) in [5.74, 6) is 0. The van der Waals surface area contributed by atoms with E-state index in [-0.39, 0.29) is 0 Å². The number of benzene rings is 16. The van der Waals surface area contributed by atoms with Gasteiger partial charge in [-0.3, -0.25) is 0 Å². The third kappa shape index (κ3) is 5.34. The van der Waals surface area contributed by atoms with Crippen molar-refractivity contribution in [1.82, 2.24) is 0 Å². The summed E-state index contributed by atoms with van der Waals surface area (Å²) in [6.45, 7) is 0. The van der Waals surface area contributed by atoms with Gasteiger partial charge in [-0.25, -0.2) is 0 Å². The molecule has 0 nitrogen and oxygen atoms in total. The largest absolute Gasteiger partial charge is 0.0622 e. The Morgan fingerprint density at radius 1 is 0.134 bits per heavy atom. The lowest BCUT2D eigenvalue weighted by molar-refractivity contribution is 1.48. The molecule has 20 rings (SSSR count). The maximum atomic E-state index is 2.60. The van der Waals surface area contributed by atoms with Crippen molar-refractivity contribution in [3.8, 4) is 55.6 Å². The monoisotopic (exact) mass is 1030 g/mol. The lowest BCUT2D eigenvalue weighted by Crippen LogP contribution is -1.88. The summed E-state index contributed by atoms with van der Waals surface area (Å²) in [6.07, 6.45) is 0. The van der Waals surface area contributed by atoms with Gasteiger partial charge in [-0.05, 0) is 218 Å². The van der Waals surface area contributed by atoms with Crippen molar-refractivity contribution < 1.29 is 0 Å². The fourth-order valence-corrected chi connectivity index (χ4v) is 16.2. The zero-order chi connectivity index (χ0) is 53.1. The lowest BCUT2D eigenvalue weighted by atomic mass is 9.88. The van der Waals surface area contributed by atoms with Gasteiger partial charge in [0.05, 0.1) is 0 Å². The van der Waals surface area contributed by atoms with Crippen LogP contribution in [0.3, 0.4) is 0 Å². The molecule has 0 aromatic heterocycles. The summed E-state index contributed by atoms with van der Waals surface area (Å²) in [5.41, 5.74) is 12.6. The van der Waals surface area contributed by atoms with Gasteiger partial charge in [0.2, 0.25) is 0 Å². The molecule has 0 unspecified atom stereocenters. The molecule has 1 aliphatic carbocycles. The molecule has 0 aliphatic heterocycles. The van der Waals surface area contributed by atoms with Crippen molar-refractivity contribution >= 4 is 129 Å². The number of hydrogen-bond donors (Lipinski definition) is 0. The molecule has 0 radical (unpaired) electrons. The van der Waals surface area contributed by atoms with Crippen LogP contribution in [0.5, 0.6) is 0 Å². The van der Waals surface area contributed by atoms with Crippen molar-refractivity contribution in [2.45, 2.75) is 0 Å². The normalized spacial score (nSPS) is 12.6. The minimum atomic E-state index is 1.23. The summed E-state index contributed by atoms with van der Waals surface area (Å²) >= 11 is 0. The first kappa shape index (κ1) is 43.2. The molecule has 0 spiro atoms. The lowest BCUT2D eigenvalue weighted by Gasteiger charge is -2.15. The first-order chi connectivity index (χ1) is 40.7. The van der Waals surface area contributed by atoms with Gasteiger partial charge in [-0.2, -0.15) is 0 Å². The third-order valence-corrected chi connectivity index (χ3v) is 19.4. The van der Waals surface area contributed by atoms with Crippen LogP contribution in [0.15, 0.2) is 267 Å². The Morgan fingerprint density at radius 2 is 0.524 bits per heavy atom. The van der Waals surface area contributed by atoms with Gasteiger partial charge in [0.25, 0.3) is 0 Å². The molecular weight excluding hydrogens is 985 g/mol. The van der Waals surface area contributed by atoms with Crippen molar-refractivity contribution in [3.05, 3.63) is 288 Å². The van der Waals surface area contributed by atoms with E-state index in [9.17, 15) is 0 Å². The Balaban J connectivity index is 0.893. The van der Waals surface area contributed by atoms with E-state index in [0.717, 1.165) is 0 Å². The molecule has 0 atom stereocenters. The maximum absolute atomic E-state index is 2.60. The molecule has 0 N–H and O–H groups in total. The predicted molar refractivity (Wildman–Crippen MR) is 350 cm³/mol. The fraction of sp³-hybridized carbons (Fsp3) is 0. The minimum absolute atomic E-state index is 1.23. The van der Waals surface area contributed by atoms with Crippen LogP contribution < -0.4 is 0 Å². The fourth-order valence-electron chi connectivity index (χ4n) is 16.2. The molecule has 19 aromatic carbocycles. The van der Waals surface area contributed by atoms with Crippen LogP contribution >= 0.6 is 0 Å². The van der Waals surface area contributed by atoms with Crippen LogP contribution in [0, 0.1) is 20.9 Å². The smallest absolute Gasteiger partial charge is 0.000674 e. The molecule has 19 aromatic rings. The SMILES string of the molecule is c1ccc(-c2ccccc2-c2ccc3c(c2)=c2ccc4c5ccc6c7c(ccc(c8ccc=3c2c84)c57)c2c(-c3ccccc3)c3cc4c5cccc7c(-c8ccccc8-c8ccccc8)ccc(c75)c4c4c5ccccc5c(c62)c34)cc1. The topological polar surface area (TPSA) is 0 Å². The summed E-state index contributed by atoms with van der Waals surface area (Å²) in [5, 5.41) is 37.5. The molecular formula is C82H44. The average Bonchev–Trinajstić information content (AvgIpc) is 1.75. The molecule has 0 heterocycles. The van der Waals surface area contributed by atoms with Gasteiger partial charge in [-0.1, -0.05) is 255 Å². The second-order valence-corrected chi connectivity index (χ2v) is 23.1. The van der Waals surface area contributed by atoms with E-state index < -0.39 is 0 Å². The maximum Gasteiger partial charge on any atom is -0.000674 e. The van der Waals surface area contributed by atoms with Crippen molar-refractivity contribution in [2.75, 3.05) is 0 Å². The highest BCUT2D eigenvalue weighted by Gasteiger charge is 2.30. The Bertz CT molecular complexity index is 6180. The zero-order valence-electron chi connectivity index (χ0n) is 44.4. The Kier molecular flexibility index (Phi) is 8.22. The first-order valence-electron chi connectivity index (χ1n) is 28.8. The van der Waals surface area contributed by atoms with E-state index >= 15 is 0 Å². The van der Waals surface area contributed by atoms with E-state index in [1.165, 1.54) is 206 Å². The van der Waals surface area contributed by atoms with E-state index in [0.29, 0.717) is 0 Å². The first-order valence-corrected chi connectivity index (χ1v) is 28.8. The van der Waals surface area contributed by atoms with Crippen LogP contribution in [-0.2, 0) is 0 Å². The van der Waals surface area contributed by atoms with Gasteiger partial charge >= 0.3 is 0 Å². The summed E-state index contributed by atoms with van der Waals surface area (Å²) in [7, 11) is 0. The summed E-state index contributed by atoms with van der Waals surface area (Å²) in [4.78, 5) is 0. The highest BCUT2D eigenvalue weighted by molar-refractivity contribution is 6.54. The highest BCUT2D eigenvalue weighted by atomic mass is 14.3. The zero-order valence-corrected chi connectivity index (χ0v) is 44.4. The highest BCUT2D eigenvalue weighted by Crippen LogP contribution is 2.58. The molecule has 372 valence electrons. The number of hydrogen-bond acceptors (Lipinski definition) is 0. The van der Waals surface area contributed by atoms with E-state index in [1.807, 2.05) is 0 Å². The van der Waals surface area contributed by atoms with Crippen LogP contribution in [0.4, 0.5) is 0 Å².